The van der Waals surface area contributed by atoms with E-state index in [2.05, 4.69) is 5.32 Å². The first-order chi connectivity index (χ1) is 19.5. The van der Waals surface area contributed by atoms with Crippen molar-refractivity contribution < 1.29 is 18.0 Å². The summed E-state index contributed by atoms with van der Waals surface area (Å²) in [5.41, 5.74) is 3.32. The highest BCUT2D eigenvalue weighted by atomic mass is 35.5. The van der Waals surface area contributed by atoms with E-state index in [1.54, 1.807) is 23.1 Å². The first-order valence-electron chi connectivity index (χ1n) is 13.9. The lowest BCUT2D eigenvalue weighted by Crippen LogP contribution is -2.51. The number of sulfonamides is 1. The van der Waals surface area contributed by atoms with Crippen LogP contribution < -0.4 is 9.62 Å². The highest BCUT2D eigenvalue weighted by molar-refractivity contribution is 7.92. The summed E-state index contributed by atoms with van der Waals surface area (Å²) in [7, 11) is -3.57. The van der Waals surface area contributed by atoms with Gasteiger partial charge in [-0.1, -0.05) is 79.2 Å². The zero-order valence-electron chi connectivity index (χ0n) is 24.2. The van der Waals surface area contributed by atoms with E-state index in [4.69, 9.17) is 11.6 Å². The fourth-order valence-electron chi connectivity index (χ4n) is 4.65. The fourth-order valence-corrected chi connectivity index (χ4v) is 5.81. The molecule has 0 saturated heterocycles. The maximum absolute atomic E-state index is 13.9. The van der Waals surface area contributed by atoms with Gasteiger partial charge in [-0.05, 0) is 61.6 Å². The number of nitrogens with zero attached hydrogens (tertiary/aromatic N) is 2. The number of amides is 2. The zero-order chi connectivity index (χ0) is 30.0. The van der Waals surface area contributed by atoms with Crippen molar-refractivity contribution >= 4 is 39.1 Å². The van der Waals surface area contributed by atoms with Gasteiger partial charge in [-0.3, -0.25) is 13.9 Å². The van der Waals surface area contributed by atoms with E-state index in [1.807, 2.05) is 81.4 Å². The number of rotatable bonds is 14. The Morgan fingerprint density at radius 3 is 2.12 bits per heavy atom. The molecule has 0 aliphatic carbocycles. The Bertz CT molecular complexity index is 1400. The van der Waals surface area contributed by atoms with Crippen molar-refractivity contribution in [2.24, 2.45) is 0 Å². The molecule has 0 aliphatic rings. The van der Waals surface area contributed by atoms with E-state index in [1.165, 1.54) is 10.6 Å². The lowest BCUT2D eigenvalue weighted by atomic mass is 10.0. The summed E-state index contributed by atoms with van der Waals surface area (Å²) in [6, 6.07) is 23.3. The van der Waals surface area contributed by atoms with Crippen molar-refractivity contribution in [3.8, 4) is 0 Å². The van der Waals surface area contributed by atoms with Crippen molar-refractivity contribution in [2.45, 2.75) is 65.1 Å². The molecular formula is C32H40ClN3O4S. The fraction of sp³-hybridized carbons (Fsp3) is 0.375. The third-order valence-corrected chi connectivity index (χ3v) is 8.35. The predicted octanol–water partition coefficient (Wildman–Crippen LogP) is 5.61. The van der Waals surface area contributed by atoms with Gasteiger partial charge in [0.25, 0.3) is 0 Å². The van der Waals surface area contributed by atoms with Crippen LogP contribution in [0.4, 0.5) is 5.69 Å². The molecule has 1 atom stereocenters. The first kappa shape index (κ1) is 32.2. The van der Waals surface area contributed by atoms with Crippen molar-refractivity contribution in [3.63, 3.8) is 0 Å². The molecule has 41 heavy (non-hydrogen) atoms. The molecule has 3 rings (SSSR count). The maximum atomic E-state index is 13.9. The van der Waals surface area contributed by atoms with Crippen LogP contribution in [0.5, 0.6) is 0 Å². The van der Waals surface area contributed by atoms with Crippen LogP contribution >= 0.6 is 11.6 Å². The number of benzene rings is 3. The average Bonchev–Trinajstić information content (AvgIpc) is 2.93. The minimum absolute atomic E-state index is 0.0593. The molecule has 0 bridgehead atoms. The van der Waals surface area contributed by atoms with E-state index in [9.17, 15) is 18.0 Å². The molecule has 0 fully saturated rings. The Morgan fingerprint density at radius 1 is 0.902 bits per heavy atom. The van der Waals surface area contributed by atoms with Crippen molar-refractivity contribution in [2.75, 3.05) is 17.1 Å². The molecule has 0 aliphatic heterocycles. The van der Waals surface area contributed by atoms with Crippen LogP contribution in [0.3, 0.4) is 0 Å². The number of halogens is 1. The molecule has 3 aromatic rings. The van der Waals surface area contributed by atoms with Crippen LogP contribution in [0, 0.1) is 0 Å². The third-order valence-electron chi connectivity index (χ3n) is 6.79. The number of nitrogens with one attached hydrogen (secondary N) is 1. The minimum atomic E-state index is -3.57. The van der Waals surface area contributed by atoms with Gasteiger partial charge in [0.2, 0.25) is 21.8 Å². The van der Waals surface area contributed by atoms with Crippen LogP contribution in [0.2, 0.25) is 5.02 Å². The Morgan fingerprint density at radius 2 is 1.54 bits per heavy atom. The standard InChI is InChI=1S/C32H40ClN3O4S/c1-5-25-17-19-28(20-18-25)36(41(4,39)40)21-11-16-31(37)35(23-27-14-9-10-15-29(27)33)30(32(38)34-24(2)3)22-26-12-7-6-8-13-26/h6-10,12-15,17-20,24,30H,5,11,16,21-23H2,1-4H3,(H,34,38)/t30-/m1/s1. The van der Waals surface area contributed by atoms with Crippen molar-refractivity contribution in [1.29, 1.82) is 0 Å². The van der Waals surface area contributed by atoms with Gasteiger partial charge in [0, 0.05) is 37.0 Å². The number of carbonyl (C=O) groups excluding carboxylic acids is 2. The highest BCUT2D eigenvalue weighted by Gasteiger charge is 2.31. The summed E-state index contributed by atoms with van der Waals surface area (Å²) in [6.07, 6.45) is 2.69. The van der Waals surface area contributed by atoms with Crippen LogP contribution in [0.15, 0.2) is 78.9 Å². The molecule has 0 unspecified atom stereocenters. The van der Waals surface area contributed by atoms with Crippen molar-refractivity contribution in [3.05, 3.63) is 101 Å². The Labute approximate surface area is 249 Å². The van der Waals surface area contributed by atoms with E-state index in [-0.39, 0.29) is 43.8 Å². The van der Waals surface area contributed by atoms with E-state index >= 15 is 0 Å². The van der Waals surface area contributed by atoms with Crippen LogP contribution in [0.25, 0.3) is 0 Å². The summed E-state index contributed by atoms with van der Waals surface area (Å²) in [4.78, 5) is 28.9. The van der Waals surface area contributed by atoms with Gasteiger partial charge in [-0.15, -0.1) is 0 Å². The van der Waals surface area contributed by atoms with E-state index in [0.717, 1.165) is 23.1 Å². The Balaban J connectivity index is 1.88. The van der Waals surface area contributed by atoms with Crippen LogP contribution in [-0.4, -0.2) is 50.0 Å². The lowest BCUT2D eigenvalue weighted by Gasteiger charge is -2.32. The largest absolute Gasteiger partial charge is 0.352 e. The minimum Gasteiger partial charge on any atom is -0.352 e. The van der Waals surface area contributed by atoms with E-state index < -0.39 is 16.1 Å². The number of aryl methyl sites for hydroxylation is 1. The molecule has 0 heterocycles. The van der Waals surface area contributed by atoms with Gasteiger partial charge < -0.3 is 10.2 Å². The summed E-state index contributed by atoms with van der Waals surface area (Å²) in [6.45, 7) is 6.08. The summed E-state index contributed by atoms with van der Waals surface area (Å²) in [5, 5.41) is 3.48. The van der Waals surface area contributed by atoms with Gasteiger partial charge in [0.1, 0.15) is 6.04 Å². The maximum Gasteiger partial charge on any atom is 0.243 e. The lowest BCUT2D eigenvalue weighted by molar-refractivity contribution is -0.141. The SMILES string of the molecule is CCc1ccc(N(CCCC(=O)N(Cc2ccccc2Cl)[C@H](Cc2ccccc2)C(=O)NC(C)C)S(C)(=O)=O)cc1. The average molecular weight is 598 g/mol. The third kappa shape index (κ3) is 9.61. The first-order valence-corrected chi connectivity index (χ1v) is 16.2. The van der Waals surface area contributed by atoms with Crippen LogP contribution in [-0.2, 0) is 39.0 Å². The van der Waals surface area contributed by atoms with Gasteiger partial charge >= 0.3 is 0 Å². The second-order valence-corrected chi connectivity index (χ2v) is 12.8. The normalized spacial score (nSPS) is 12.1. The Hall–Kier alpha value is -3.36. The molecule has 2 amide bonds. The van der Waals surface area contributed by atoms with E-state index in [0.29, 0.717) is 17.1 Å². The summed E-state index contributed by atoms with van der Waals surface area (Å²) >= 11 is 6.48. The monoisotopic (exact) mass is 597 g/mol. The quantitative estimate of drug-likeness (QED) is 0.262. The molecule has 0 saturated carbocycles. The van der Waals surface area contributed by atoms with Crippen LogP contribution in [0.1, 0.15) is 50.3 Å². The van der Waals surface area contributed by atoms with Gasteiger partial charge in [-0.2, -0.15) is 0 Å². The molecule has 1 N–H and O–H groups in total. The predicted molar refractivity (Wildman–Crippen MR) is 166 cm³/mol. The molecule has 0 aromatic heterocycles. The topological polar surface area (TPSA) is 86.8 Å². The van der Waals surface area contributed by atoms with Crippen molar-refractivity contribution in [1.82, 2.24) is 10.2 Å². The summed E-state index contributed by atoms with van der Waals surface area (Å²) in [5.74, 6) is -0.502. The summed E-state index contributed by atoms with van der Waals surface area (Å²) < 4.78 is 26.6. The van der Waals surface area contributed by atoms with Gasteiger partial charge in [0.15, 0.2) is 0 Å². The number of carbonyl (C=O) groups is 2. The molecular weight excluding hydrogens is 558 g/mol. The Kier molecular flexibility index (Phi) is 11.8. The smallest absolute Gasteiger partial charge is 0.243 e. The molecule has 3 aromatic carbocycles. The second-order valence-electron chi connectivity index (χ2n) is 10.4. The molecule has 220 valence electrons. The zero-order valence-corrected chi connectivity index (χ0v) is 25.8. The molecule has 7 nitrogen and oxygen atoms in total. The highest BCUT2D eigenvalue weighted by Crippen LogP contribution is 2.23. The number of hydrogen-bond donors (Lipinski definition) is 1. The van der Waals surface area contributed by atoms with Gasteiger partial charge in [0.05, 0.1) is 11.9 Å². The number of anilines is 1. The van der Waals surface area contributed by atoms with Gasteiger partial charge in [-0.25, -0.2) is 8.42 Å². The second kappa shape index (κ2) is 15.0. The molecule has 0 spiro atoms. The molecule has 9 heteroatoms. The number of hydrogen-bond acceptors (Lipinski definition) is 4. The molecule has 0 radical (unpaired) electrons.